The second kappa shape index (κ2) is 7.36. The smallest absolute Gasteiger partial charge is 0.0933 e. The minimum Gasteiger partial charge on any atom is -0.394 e. The summed E-state index contributed by atoms with van der Waals surface area (Å²) in [6.45, 7) is 7.83. The zero-order valence-corrected chi connectivity index (χ0v) is 13.3. The van der Waals surface area contributed by atoms with Crippen LogP contribution < -0.4 is 5.73 Å². The van der Waals surface area contributed by atoms with Crippen molar-refractivity contribution in [1.29, 1.82) is 0 Å². The van der Waals surface area contributed by atoms with Gasteiger partial charge in [-0.1, -0.05) is 36.8 Å². The number of morpholine rings is 1. The van der Waals surface area contributed by atoms with E-state index < -0.39 is 0 Å². The van der Waals surface area contributed by atoms with Crippen LogP contribution in [0.4, 0.5) is 0 Å². The highest BCUT2D eigenvalue weighted by atomic mass is 16.5. The van der Waals surface area contributed by atoms with Crippen LogP contribution in [0.25, 0.3) is 0 Å². The molecule has 1 heterocycles. The molecule has 0 bridgehead atoms. The number of nitrogens with zero attached hydrogens (tertiary/aromatic N) is 1. The highest BCUT2D eigenvalue weighted by molar-refractivity contribution is 5.26. The normalized spacial score (nSPS) is 26.5. The molecule has 0 saturated carbocycles. The average Bonchev–Trinajstić information content (AvgIpc) is 2.49. The predicted molar refractivity (Wildman–Crippen MR) is 85.2 cm³/mol. The van der Waals surface area contributed by atoms with Crippen molar-refractivity contribution in [2.24, 2.45) is 5.73 Å². The van der Waals surface area contributed by atoms with Crippen molar-refractivity contribution in [3.05, 3.63) is 35.4 Å². The molecule has 4 unspecified atom stereocenters. The Bertz CT molecular complexity index is 452. The Kier molecular flexibility index (Phi) is 5.76. The largest absolute Gasteiger partial charge is 0.394 e. The first kappa shape index (κ1) is 16.4. The van der Waals surface area contributed by atoms with Gasteiger partial charge in [-0.15, -0.1) is 0 Å². The van der Waals surface area contributed by atoms with Gasteiger partial charge in [0.25, 0.3) is 0 Å². The third-order valence-corrected chi connectivity index (χ3v) is 4.38. The number of aryl methyl sites for hydroxylation is 1. The molecule has 21 heavy (non-hydrogen) atoms. The van der Waals surface area contributed by atoms with Crippen molar-refractivity contribution in [2.75, 3.05) is 19.8 Å². The van der Waals surface area contributed by atoms with Gasteiger partial charge in [-0.25, -0.2) is 0 Å². The molecule has 1 fully saturated rings. The fraction of sp³-hybridized carbons (Fsp3) is 0.647. The molecule has 0 aromatic heterocycles. The van der Waals surface area contributed by atoms with Crippen LogP contribution in [0.2, 0.25) is 0 Å². The molecule has 118 valence electrons. The van der Waals surface area contributed by atoms with Crippen LogP contribution >= 0.6 is 0 Å². The maximum absolute atomic E-state index is 9.40. The van der Waals surface area contributed by atoms with Gasteiger partial charge >= 0.3 is 0 Å². The number of ether oxygens (including phenoxy) is 1. The van der Waals surface area contributed by atoms with Crippen molar-refractivity contribution in [2.45, 2.75) is 51.4 Å². The van der Waals surface area contributed by atoms with Gasteiger partial charge in [-0.3, -0.25) is 4.90 Å². The van der Waals surface area contributed by atoms with E-state index in [1.54, 1.807) is 0 Å². The summed E-state index contributed by atoms with van der Waals surface area (Å²) in [5.41, 5.74) is 8.94. The molecule has 1 aromatic carbocycles. The van der Waals surface area contributed by atoms with Crippen LogP contribution in [0.3, 0.4) is 0 Å². The fourth-order valence-electron chi connectivity index (χ4n) is 3.10. The maximum Gasteiger partial charge on any atom is 0.0933 e. The zero-order valence-electron chi connectivity index (χ0n) is 13.3. The molecule has 1 saturated heterocycles. The number of aliphatic hydroxyl groups excluding tert-OH is 1. The van der Waals surface area contributed by atoms with Crippen LogP contribution in [0.15, 0.2) is 24.3 Å². The van der Waals surface area contributed by atoms with Crippen LogP contribution in [0, 0.1) is 6.92 Å². The number of nitrogens with two attached hydrogens (primary N) is 1. The second-order valence-corrected chi connectivity index (χ2v) is 6.11. The molecule has 1 aliphatic rings. The highest BCUT2D eigenvalue weighted by Crippen LogP contribution is 2.30. The Morgan fingerprint density at radius 2 is 2.24 bits per heavy atom. The standard InChI is InChI=1S/C17H28N2O2/c1-4-16(18)17(14-7-5-6-12(2)8-14)19-9-15(10-20)21-11-13(19)3/h5-8,13,15-17,20H,4,9-11,18H2,1-3H3. The fourth-order valence-corrected chi connectivity index (χ4v) is 3.10. The van der Waals surface area contributed by atoms with Crippen molar-refractivity contribution in [3.8, 4) is 0 Å². The molecule has 1 aliphatic heterocycles. The Hall–Kier alpha value is -0.940. The van der Waals surface area contributed by atoms with Gasteiger partial charge in [0.15, 0.2) is 0 Å². The Morgan fingerprint density at radius 3 is 2.86 bits per heavy atom. The van der Waals surface area contributed by atoms with Gasteiger partial charge in [0.05, 0.1) is 25.4 Å². The lowest BCUT2D eigenvalue weighted by molar-refractivity contribution is -0.0948. The van der Waals surface area contributed by atoms with E-state index in [9.17, 15) is 5.11 Å². The van der Waals surface area contributed by atoms with Crippen LogP contribution in [-0.2, 0) is 4.74 Å². The zero-order chi connectivity index (χ0) is 15.4. The van der Waals surface area contributed by atoms with E-state index >= 15 is 0 Å². The molecular weight excluding hydrogens is 264 g/mol. The second-order valence-electron chi connectivity index (χ2n) is 6.11. The molecule has 0 amide bonds. The summed E-state index contributed by atoms with van der Waals surface area (Å²) in [6, 6.07) is 9.12. The van der Waals surface area contributed by atoms with Gasteiger partial charge in [0, 0.05) is 18.6 Å². The number of aliphatic hydroxyl groups is 1. The van der Waals surface area contributed by atoms with Crippen LogP contribution in [0.5, 0.6) is 0 Å². The van der Waals surface area contributed by atoms with Crippen molar-refractivity contribution in [1.82, 2.24) is 4.90 Å². The summed E-state index contributed by atoms with van der Waals surface area (Å²) in [4.78, 5) is 2.40. The average molecular weight is 292 g/mol. The first-order chi connectivity index (χ1) is 10.1. The quantitative estimate of drug-likeness (QED) is 0.869. The maximum atomic E-state index is 9.40. The molecule has 4 atom stereocenters. The molecule has 0 spiro atoms. The SMILES string of the molecule is CCC(N)C(c1cccc(C)c1)N1CC(CO)OCC1C. The molecular formula is C17H28N2O2. The van der Waals surface area contributed by atoms with E-state index in [1.807, 2.05) is 0 Å². The lowest BCUT2D eigenvalue weighted by Crippen LogP contribution is -2.54. The van der Waals surface area contributed by atoms with E-state index in [4.69, 9.17) is 10.5 Å². The van der Waals surface area contributed by atoms with E-state index in [0.717, 1.165) is 13.0 Å². The molecule has 3 N–H and O–H groups in total. The van der Waals surface area contributed by atoms with Crippen molar-refractivity contribution < 1.29 is 9.84 Å². The van der Waals surface area contributed by atoms with Gasteiger partial charge < -0.3 is 15.6 Å². The lowest BCUT2D eigenvalue weighted by Gasteiger charge is -2.44. The van der Waals surface area contributed by atoms with E-state index in [-0.39, 0.29) is 24.8 Å². The van der Waals surface area contributed by atoms with E-state index in [0.29, 0.717) is 12.6 Å². The summed E-state index contributed by atoms with van der Waals surface area (Å²) in [5, 5.41) is 9.40. The Labute approximate surface area is 127 Å². The summed E-state index contributed by atoms with van der Waals surface area (Å²) in [6.07, 6.45) is 0.810. The van der Waals surface area contributed by atoms with Gasteiger partial charge in [0.2, 0.25) is 0 Å². The molecule has 0 aliphatic carbocycles. The first-order valence-electron chi connectivity index (χ1n) is 7.87. The third kappa shape index (κ3) is 3.83. The van der Waals surface area contributed by atoms with Gasteiger partial charge in [0.1, 0.15) is 0 Å². The van der Waals surface area contributed by atoms with E-state index in [2.05, 4.69) is 49.9 Å². The summed E-state index contributed by atoms with van der Waals surface area (Å²) >= 11 is 0. The van der Waals surface area contributed by atoms with Gasteiger partial charge in [-0.2, -0.15) is 0 Å². The minimum atomic E-state index is -0.113. The predicted octanol–water partition coefficient (Wildman–Crippen LogP) is 1.86. The summed E-state index contributed by atoms with van der Waals surface area (Å²) in [5.74, 6) is 0. The van der Waals surface area contributed by atoms with E-state index in [1.165, 1.54) is 11.1 Å². The summed E-state index contributed by atoms with van der Waals surface area (Å²) in [7, 11) is 0. The molecule has 4 heteroatoms. The highest BCUT2D eigenvalue weighted by Gasteiger charge is 2.34. The topological polar surface area (TPSA) is 58.7 Å². The molecule has 1 aromatic rings. The molecule has 2 rings (SSSR count). The summed E-state index contributed by atoms with van der Waals surface area (Å²) < 4.78 is 5.66. The number of rotatable bonds is 5. The van der Waals surface area contributed by atoms with Crippen LogP contribution in [0.1, 0.15) is 37.4 Å². The third-order valence-electron chi connectivity index (χ3n) is 4.38. The van der Waals surface area contributed by atoms with Crippen molar-refractivity contribution >= 4 is 0 Å². The minimum absolute atomic E-state index is 0.0606. The first-order valence-corrected chi connectivity index (χ1v) is 7.87. The number of benzene rings is 1. The van der Waals surface area contributed by atoms with Gasteiger partial charge in [-0.05, 0) is 25.8 Å². The lowest BCUT2D eigenvalue weighted by atomic mass is 9.93. The molecule has 4 nitrogen and oxygen atoms in total. The number of hydrogen-bond donors (Lipinski definition) is 2. The Balaban J connectivity index is 2.30. The monoisotopic (exact) mass is 292 g/mol. The Morgan fingerprint density at radius 1 is 1.48 bits per heavy atom. The number of hydrogen-bond acceptors (Lipinski definition) is 4. The molecule has 0 radical (unpaired) electrons. The van der Waals surface area contributed by atoms with Crippen LogP contribution in [-0.4, -0.2) is 48.0 Å². The van der Waals surface area contributed by atoms with Crippen molar-refractivity contribution in [3.63, 3.8) is 0 Å².